The van der Waals surface area contributed by atoms with E-state index in [0.29, 0.717) is 0 Å². The van der Waals surface area contributed by atoms with Gasteiger partial charge in [-0.2, -0.15) is 0 Å². The first kappa shape index (κ1) is 21.1. The largest absolute Gasteiger partial charge is 0.481 e. The van der Waals surface area contributed by atoms with Crippen molar-refractivity contribution in [1.82, 2.24) is 9.97 Å². The summed E-state index contributed by atoms with van der Waals surface area (Å²) in [5, 5.41) is 9.46. The molecule has 0 amide bonds. The second-order valence-corrected chi connectivity index (χ2v) is 7.97. The van der Waals surface area contributed by atoms with Crippen LogP contribution in [0.25, 0.3) is 22.4 Å². The van der Waals surface area contributed by atoms with Gasteiger partial charge in [-0.25, -0.2) is 9.97 Å². The van der Waals surface area contributed by atoms with E-state index in [9.17, 15) is 4.79 Å². The molecule has 0 saturated heterocycles. The van der Waals surface area contributed by atoms with E-state index in [1.165, 1.54) is 0 Å². The summed E-state index contributed by atoms with van der Waals surface area (Å²) >= 11 is 1.69. The Hall–Kier alpha value is -2.66. The van der Waals surface area contributed by atoms with E-state index in [0.717, 1.165) is 65.4 Å². The number of thioether (sulfide) groups is 1. The summed E-state index contributed by atoms with van der Waals surface area (Å²) in [5.74, 6) is 0.267. The molecule has 0 radical (unpaired) electrons. The van der Waals surface area contributed by atoms with Gasteiger partial charge in [-0.05, 0) is 18.4 Å². The zero-order valence-corrected chi connectivity index (χ0v) is 17.3. The number of carboxylic acid groups (broad SMARTS) is 1. The van der Waals surface area contributed by atoms with Gasteiger partial charge in [-0.1, -0.05) is 91.7 Å². The van der Waals surface area contributed by atoms with Crippen molar-refractivity contribution >= 4 is 17.7 Å². The van der Waals surface area contributed by atoms with Crippen LogP contribution < -0.4 is 0 Å². The lowest BCUT2D eigenvalue weighted by molar-refractivity contribution is -0.137. The summed E-state index contributed by atoms with van der Waals surface area (Å²) in [6, 6.07) is 20.5. The minimum atomic E-state index is -0.703. The van der Waals surface area contributed by atoms with Crippen LogP contribution in [0.15, 0.2) is 72.0 Å². The van der Waals surface area contributed by atoms with E-state index < -0.39 is 5.97 Å². The maximum absolute atomic E-state index is 10.5. The predicted octanol–water partition coefficient (Wildman–Crippen LogP) is 6.33. The molecular weight excluding hydrogens is 380 g/mol. The molecule has 0 spiro atoms. The third-order valence-corrected chi connectivity index (χ3v) is 5.61. The highest BCUT2D eigenvalue weighted by atomic mass is 32.2. The highest BCUT2D eigenvalue weighted by Gasteiger charge is 2.11. The highest BCUT2D eigenvalue weighted by Crippen LogP contribution is 2.31. The number of aromatic nitrogens is 2. The average Bonchev–Trinajstić information content (AvgIpc) is 2.76. The molecule has 3 aromatic rings. The Morgan fingerprint density at radius 3 is 2.14 bits per heavy atom. The Morgan fingerprint density at radius 2 is 1.45 bits per heavy atom. The summed E-state index contributed by atoms with van der Waals surface area (Å²) in [6.45, 7) is 0. The third kappa shape index (κ3) is 6.71. The molecule has 0 unspecified atom stereocenters. The maximum atomic E-state index is 10.5. The van der Waals surface area contributed by atoms with Crippen molar-refractivity contribution in [2.24, 2.45) is 0 Å². The molecule has 4 nitrogen and oxygen atoms in total. The topological polar surface area (TPSA) is 63.1 Å². The third-order valence-electron chi connectivity index (χ3n) is 4.66. The first-order chi connectivity index (χ1) is 14.2. The minimum Gasteiger partial charge on any atom is -0.481 e. The van der Waals surface area contributed by atoms with Crippen LogP contribution in [-0.4, -0.2) is 26.8 Å². The van der Waals surface area contributed by atoms with Gasteiger partial charge in [0.25, 0.3) is 0 Å². The Morgan fingerprint density at radius 1 is 0.828 bits per heavy atom. The predicted molar refractivity (Wildman–Crippen MR) is 119 cm³/mol. The van der Waals surface area contributed by atoms with E-state index in [2.05, 4.69) is 29.2 Å². The van der Waals surface area contributed by atoms with Gasteiger partial charge >= 0.3 is 5.97 Å². The average molecular weight is 407 g/mol. The number of carbonyl (C=O) groups is 1. The summed E-state index contributed by atoms with van der Waals surface area (Å²) in [5.41, 5.74) is 4.21. The zero-order chi connectivity index (χ0) is 20.3. The lowest BCUT2D eigenvalue weighted by Gasteiger charge is -2.11. The van der Waals surface area contributed by atoms with Crippen molar-refractivity contribution in [3.05, 3.63) is 66.9 Å². The molecule has 0 aliphatic carbocycles. The lowest BCUT2D eigenvalue weighted by Crippen LogP contribution is -1.96. The van der Waals surface area contributed by atoms with Crippen LogP contribution in [0.3, 0.4) is 0 Å². The molecule has 1 N–H and O–H groups in total. The highest BCUT2D eigenvalue weighted by molar-refractivity contribution is 7.99. The van der Waals surface area contributed by atoms with Gasteiger partial charge < -0.3 is 5.11 Å². The van der Waals surface area contributed by atoms with Gasteiger partial charge in [-0.15, -0.1) is 0 Å². The number of benzene rings is 2. The van der Waals surface area contributed by atoms with Crippen LogP contribution in [0, 0.1) is 0 Å². The molecule has 0 aliphatic rings. The number of hydrogen-bond donors (Lipinski definition) is 1. The smallest absolute Gasteiger partial charge is 0.303 e. The molecule has 0 atom stereocenters. The van der Waals surface area contributed by atoms with Crippen LogP contribution in [-0.2, 0) is 4.79 Å². The number of aliphatic carboxylic acids is 1. The standard InChI is InChI=1S/C24H26N2O2S/c27-22(28)16-10-2-1-3-11-17-29-24-25-18-21(19-12-6-4-7-13-19)23(26-24)20-14-8-5-9-15-20/h4-9,12-15,18H,1-3,10-11,16-17H2,(H,27,28). The molecule has 3 rings (SSSR count). The SMILES string of the molecule is O=C(O)CCCCCCCSc1ncc(-c2ccccc2)c(-c2ccccc2)n1. The molecule has 150 valence electrons. The molecule has 2 aromatic carbocycles. The normalized spacial score (nSPS) is 10.8. The van der Waals surface area contributed by atoms with Crippen LogP contribution >= 0.6 is 11.8 Å². The molecule has 29 heavy (non-hydrogen) atoms. The van der Waals surface area contributed by atoms with Gasteiger partial charge in [0.2, 0.25) is 0 Å². The fourth-order valence-electron chi connectivity index (χ4n) is 3.15. The zero-order valence-electron chi connectivity index (χ0n) is 16.5. The molecule has 0 bridgehead atoms. The van der Waals surface area contributed by atoms with E-state index in [1.54, 1.807) is 11.8 Å². The Kier molecular flexibility index (Phi) is 8.25. The van der Waals surface area contributed by atoms with Crippen molar-refractivity contribution in [2.75, 3.05) is 5.75 Å². The van der Waals surface area contributed by atoms with Crippen LogP contribution in [0.1, 0.15) is 38.5 Å². The second kappa shape index (κ2) is 11.4. The molecule has 0 fully saturated rings. The van der Waals surface area contributed by atoms with Crippen molar-refractivity contribution < 1.29 is 9.90 Å². The van der Waals surface area contributed by atoms with Gasteiger partial charge in [0.15, 0.2) is 5.16 Å². The Bertz CT molecular complexity index is 901. The number of unbranched alkanes of at least 4 members (excludes halogenated alkanes) is 4. The maximum Gasteiger partial charge on any atom is 0.303 e. The second-order valence-electron chi connectivity index (χ2n) is 6.91. The van der Waals surface area contributed by atoms with Crippen molar-refractivity contribution in [2.45, 2.75) is 43.7 Å². The number of hydrogen-bond acceptors (Lipinski definition) is 4. The summed E-state index contributed by atoms with van der Waals surface area (Å²) in [7, 11) is 0. The van der Waals surface area contributed by atoms with Crippen LogP contribution in [0.4, 0.5) is 0 Å². The number of carboxylic acids is 1. The van der Waals surface area contributed by atoms with Gasteiger partial charge in [0, 0.05) is 29.5 Å². The summed E-state index contributed by atoms with van der Waals surface area (Å²) in [6.07, 6.45) is 7.24. The van der Waals surface area contributed by atoms with Crippen molar-refractivity contribution in [1.29, 1.82) is 0 Å². The summed E-state index contributed by atoms with van der Waals surface area (Å²) < 4.78 is 0. The number of rotatable bonds is 11. The first-order valence-corrected chi connectivity index (χ1v) is 11.0. The van der Waals surface area contributed by atoms with Crippen molar-refractivity contribution in [3.63, 3.8) is 0 Å². The molecule has 1 heterocycles. The van der Waals surface area contributed by atoms with Crippen LogP contribution in [0.2, 0.25) is 0 Å². The molecule has 0 aliphatic heterocycles. The molecule has 1 aromatic heterocycles. The quantitative estimate of drug-likeness (QED) is 0.229. The first-order valence-electron chi connectivity index (χ1n) is 10.1. The molecule has 0 saturated carbocycles. The fraction of sp³-hybridized carbons (Fsp3) is 0.292. The fourth-order valence-corrected chi connectivity index (χ4v) is 3.97. The van der Waals surface area contributed by atoms with Crippen LogP contribution in [0.5, 0.6) is 0 Å². The van der Waals surface area contributed by atoms with Gasteiger partial charge in [-0.3, -0.25) is 4.79 Å². The lowest BCUT2D eigenvalue weighted by atomic mass is 10.0. The Labute approximate surface area is 176 Å². The van der Waals surface area contributed by atoms with E-state index >= 15 is 0 Å². The van der Waals surface area contributed by atoms with Gasteiger partial charge in [0.05, 0.1) is 5.69 Å². The molecular formula is C24H26N2O2S. The summed E-state index contributed by atoms with van der Waals surface area (Å²) in [4.78, 5) is 20.0. The van der Waals surface area contributed by atoms with E-state index in [-0.39, 0.29) is 6.42 Å². The molecule has 5 heteroatoms. The monoisotopic (exact) mass is 406 g/mol. The van der Waals surface area contributed by atoms with E-state index in [1.807, 2.05) is 42.6 Å². The van der Waals surface area contributed by atoms with E-state index in [4.69, 9.17) is 10.1 Å². The number of nitrogens with zero attached hydrogens (tertiary/aromatic N) is 2. The van der Waals surface area contributed by atoms with Gasteiger partial charge in [0.1, 0.15) is 0 Å². The minimum absolute atomic E-state index is 0.276. The Balaban J connectivity index is 1.61. The van der Waals surface area contributed by atoms with Crippen molar-refractivity contribution in [3.8, 4) is 22.4 Å².